The van der Waals surface area contributed by atoms with Crippen molar-refractivity contribution in [2.24, 2.45) is 0 Å². The Labute approximate surface area is 130 Å². The van der Waals surface area contributed by atoms with Gasteiger partial charge in [0.05, 0.1) is 13.2 Å². The number of fused-ring (bicyclic) bond motifs is 1. The monoisotopic (exact) mass is 300 g/mol. The van der Waals surface area contributed by atoms with Crippen LogP contribution in [0.5, 0.6) is 23.0 Å². The number of hydrogen-bond donors (Lipinski definition) is 0. The maximum absolute atomic E-state index is 5.73. The third kappa shape index (κ3) is 3.45. The van der Waals surface area contributed by atoms with Crippen molar-refractivity contribution in [1.29, 1.82) is 0 Å². The molecule has 4 heteroatoms. The van der Waals surface area contributed by atoms with Crippen LogP contribution in [0.2, 0.25) is 0 Å². The molecule has 0 N–H and O–H groups in total. The first-order chi connectivity index (χ1) is 10.7. The van der Waals surface area contributed by atoms with Crippen molar-refractivity contribution < 1.29 is 18.9 Å². The first kappa shape index (κ1) is 14.6. The van der Waals surface area contributed by atoms with Crippen molar-refractivity contribution in [3.8, 4) is 23.0 Å². The summed E-state index contributed by atoms with van der Waals surface area (Å²) in [6.45, 7) is 5.70. The maximum atomic E-state index is 5.73. The second-order valence-electron chi connectivity index (χ2n) is 5.31. The summed E-state index contributed by atoms with van der Waals surface area (Å²) in [7, 11) is 0. The fourth-order valence-corrected chi connectivity index (χ4v) is 2.21. The molecule has 0 bridgehead atoms. The number of ether oxygens (including phenoxy) is 4. The van der Waals surface area contributed by atoms with Crippen molar-refractivity contribution in [2.75, 3.05) is 20.0 Å². The van der Waals surface area contributed by atoms with Crippen LogP contribution in [-0.4, -0.2) is 20.0 Å². The lowest BCUT2D eigenvalue weighted by Crippen LogP contribution is -2.05. The van der Waals surface area contributed by atoms with Crippen LogP contribution in [0.15, 0.2) is 36.4 Å². The van der Waals surface area contributed by atoms with Crippen LogP contribution < -0.4 is 18.9 Å². The molecular weight excluding hydrogens is 280 g/mol. The van der Waals surface area contributed by atoms with E-state index in [9.17, 15) is 0 Å². The predicted molar refractivity (Wildman–Crippen MR) is 84.1 cm³/mol. The molecule has 0 spiro atoms. The Kier molecular flexibility index (Phi) is 4.37. The predicted octanol–water partition coefficient (Wildman–Crippen LogP) is 3.88. The molecule has 116 valence electrons. The largest absolute Gasteiger partial charge is 0.493 e. The van der Waals surface area contributed by atoms with Gasteiger partial charge in [0.15, 0.2) is 11.5 Å². The molecule has 0 saturated heterocycles. The standard InChI is InChI=1S/C18H20O4/c1-13-4-5-15(10-14(13)2)19-8-3-9-20-16-6-7-17-18(11-16)22-12-21-17/h4-7,10-11H,3,8-9,12H2,1-2H3. The third-order valence-electron chi connectivity index (χ3n) is 3.65. The van der Waals surface area contributed by atoms with E-state index in [1.807, 2.05) is 24.3 Å². The molecule has 0 aliphatic carbocycles. The number of hydrogen-bond acceptors (Lipinski definition) is 4. The minimum Gasteiger partial charge on any atom is -0.493 e. The van der Waals surface area contributed by atoms with Crippen molar-refractivity contribution in [3.63, 3.8) is 0 Å². The van der Waals surface area contributed by atoms with Gasteiger partial charge < -0.3 is 18.9 Å². The van der Waals surface area contributed by atoms with E-state index in [0.29, 0.717) is 13.2 Å². The molecule has 1 aliphatic heterocycles. The van der Waals surface area contributed by atoms with E-state index >= 15 is 0 Å². The summed E-state index contributed by atoms with van der Waals surface area (Å²) in [6.07, 6.45) is 0.821. The SMILES string of the molecule is Cc1ccc(OCCCOc2ccc3c(c2)OCO3)cc1C. The summed E-state index contributed by atoms with van der Waals surface area (Å²) in [6, 6.07) is 11.7. The lowest BCUT2D eigenvalue weighted by molar-refractivity contribution is 0.173. The fourth-order valence-electron chi connectivity index (χ4n) is 2.21. The van der Waals surface area contributed by atoms with Gasteiger partial charge in [-0.1, -0.05) is 6.07 Å². The molecule has 0 amide bonds. The van der Waals surface area contributed by atoms with Crippen LogP contribution in [0.4, 0.5) is 0 Å². The summed E-state index contributed by atoms with van der Waals surface area (Å²) in [5.41, 5.74) is 2.52. The number of benzene rings is 2. The second-order valence-corrected chi connectivity index (χ2v) is 5.31. The number of rotatable bonds is 6. The second kappa shape index (κ2) is 6.60. The molecule has 2 aromatic carbocycles. The molecular formula is C18H20O4. The normalized spacial score (nSPS) is 12.3. The molecule has 0 radical (unpaired) electrons. The Morgan fingerprint density at radius 1 is 0.818 bits per heavy atom. The quantitative estimate of drug-likeness (QED) is 0.759. The lowest BCUT2D eigenvalue weighted by Gasteiger charge is -2.09. The van der Waals surface area contributed by atoms with Gasteiger partial charge in [0, 0.05) is 12.5 Å². The van der Waals surface area contributed by atoms with E-state index in [1.165, 1.54) is 11.1 Å². The summed E-state index contributed by atoms with van der Waals surface area (Å²) >= 11 is 0. The Bertz CT molecular complexity index is 652. The van der Waals surface area contributed by atoms with E-state index in [0.717, 1.165) is 29.4 Å². The highest BCUT2D eigenvalue weighted by Gasteiger charge is 2.13. The molecule has 2 aromatic rings. The van der Waals surface area contributed by atoms with Crippen LogP contribution in [0.3, 0.4) is 0 Å². The highest BCUT2D eigenvalue weighted by molar-refractivity contribution is 5.46. The molecule has 4 nitrogen and oxygen atoms in total. The van der Waals surface area contributed by atoms with Crippen molar-refractivity contribution in [3.05, 3.63) is 47.5 Å². The molecule has 0 atom stereocenters. The van der Waals surface area contributed by atoms with Crippen LogP contribution >= 0.6 is 0 Å². The van der Waals surface area contributed by atoms with Gasteiger partial charge in [-0.3, -0.25) is 0 Å². The number of aryl methyl sites for hydroxylation is 2. The van der Waals surface area contributed by atoms with Gasteiger partial charge in [-0.15, -0.1) is 0 Å². The molecule has 0 aromatic heterocycles. The summed E-state index contributed by atoms with van der Waals surface area (Å²) in [5, 5.41) is 0. The molecule has 22 heavy (non-hydrogen) atoms. The molecule has 3 rings (SSSR count). The fraction of sp³-hybridized carbons (Fsp3) is 0.333. The maximum Gasteiger partial charge on any atom is 0.231 e. The summed E-state index contributed by atoms with van der Waals surface area (Å²) in [5.74, 6) is 3.20. The first-order valence-electron chi connectivity index (χ1n) is 7.45. The molecule has 0 unspecified atom stereocenters. The van der Waals surface area contributed by atoms with Crippen LogP contribution in [-0.2, 0) is 0 Å². The van der Waals surface area contributed by atoms with Crippen molar-refractivity contribution in [1.82, 2.24) is 0 Å². The van der Waals surface area contributed by atoms with Gasteiger partial charge in [-0.2, -0.15) is 0 Å². The van der Waals surface area contributed by atoms with Crippen LogP contribution in [0, 0.1) is 13.8 Å². The molecule has 1 heterocycles. The Morgan fingerprint density at radius 3 is 2.27 bits per heavy atom. The van der Waals surface area contributed by atoms with Crippen LogP contribution in [0.1, 0.15) is 17.5 Å². The zero-order valence-corrected chi connectivity index (χ0v) is 12.9. The molecule has 1 aliphatic rings. The van der Waals surface area contributed by atoms with Crippen molar-refractivity contribution in [2.45, 2.75) is 20.3 Å². The highest BCUT2D eigenvalue weighted by atomic mass is 16.7. The minimum absolute atomic E-state index is 0.280. The molecule has 0 fully saturated rings. The highest BCUT2D eigenvalue weighted by Crippen LogP contribution is 2.35. The summed E-state index contributed by atoms with van der Waals surface area (Å²) < 4.78 is 22.0. The lowest BCUT2D eigenvalue weighted by atomic mass is 10.1. The van der Waals surface area contributed by atoms with Gasteiger partial charge in [0.2, 0.25) is 6.79 Å². The zero-order chi connectivity index (χ0) is 15.4. The van der Waals surface area contributed by atoms with Gasteiger partial charge in [0.25, 0.3) is 0 Å². The molecule has 0 saturated carbocycles. The van der Waals surface area contributed by atoms with E-state index in [1.54, 1.807) is 0 Å². The third-order valence-corrected chi connectivity index (χ3v) is 3.65. The van der Waals surface area contributed by atoms with E-state index < -0.39 is 0 Å². The van der Waals surface area contributed by atoms with Gasteiger partial charge in [-0.25, -0.2) is 0 Å². The van der Waals surface area contributed by atoms with Gasteiger partial charge in [0.1, 0.15) is 11.5 Å². The van der Waals surface area contributed by atoms with Gasteiger partial charge in [-0.05, 0) is 49.2 Å². The van der Waals surface area contributed by atoms with E-state index in [4.69, 9.17) is 18.9 Å². The zero-order valence-electron chi connectivity index (χ0n) is 12.9. The van der Waals surface area contributed by atoms with Gasteiger partial charge >= 0.3 is 0 Å². The topological polar surface area (TPSA) is 36.9 Å². The smallest absolute Gasteiger partial charge is 0.231 e. The average Bonchev–Trinajstić information content (AvgIpc) is 2.98. The van der Waals surface area contributed by atoms with E-state index in [2.05, 4.69) is 26.0 Å². The minimum atomic E-state index is 0.280. The Balaban J connectivity index is 1.41. The Hall–Kier alpha value is -2.36. The summed E-state index contributed by atoms with van der Waals surface area (Å²) in [4.78, 5) is 0. The van der Waals surface area contributed by atoms with E-state index in [-0.39, 0.29) is 6.79 Å². The first-order valence-corrected chi connectivity index (χ1v) is 7.45. The van der Waals surface area contributed by atoms with Crippen LogP contribution in [0.25, 0.3) is 0 Å². The average molecular weight is 300 g/mol. The Morgan fingerprint density at radius 2 is 1.50 bits per heavy atom. The van der Waals surface area contributed by atoms with Crippen molar-refractivity contribution >= 4 is 0 Å².